The highest BCUT2D eigenvalue weighted by Crippen LogP contribution is 2.31. The molecule has 2 amide bonds. The number of methoxy groups -OCH3 is 1. The number of amides is 2. The van der Waals surface area contributed by atoms with Crippen LogP contribution in [0.1, 0.15) is 36.2 Å². The van der Waals surface area contributed by atoms with E-state index >= 15 is 0 Å². The molecule has 1 aliphatic rings. The van der Waals surface area contributed by atoms with Crippen LogP contribution in [-0.4, -0.2) is 71.3 Å². The second-order valence-electron chi connectivity index (χ2n) is 8.81. The van der Waals surface area contributed by atoms with Gasteiger partial charge in [0.25, 0.3) is 5.91 Å². The maximum Gasteiger partial charge on any atom is 0.410 e. The molecule has 4 rings (SSSR count). The van der Waals surface area contributed by atoms with Crippen molar-refractivity contribution in [3.63, 3.8) is 0 Å². The fourth-order valence-corrected chi connectivity index (χ4v) is 4.66. The fourth-order valence-electron chi connectivity index (χ4n) is 4.40. The van der Waals surface area contributed by atoms with E-state index in [1.165, 1.54) is 0 Å². The van der Waals surface area contributed by atoms with Gasteiger partial charge in [0.05, 0.1) is 36.6 Å². The second-order valence-corrected chi connectivity index (χ2v) is 9.22. The topological polar surface area (TPSA) is 92.2 Å². The van der Waals surface area contributed by atoms with Gasteiger partial charge in [-0.25, -0.2) is 9.78 Å². The molecule has 2 heterocycles. The van der Waals surface area contributed by atoms with Crippen molar-refractivity contribution in [3.8, 4) is 17.0 Å². The van der Waals surface area contributed by atoms with Gasteiger partial charge in [0.15, 0.2) is 0 Å². The molecule has 1 atom stereocenters. The molecule has 8 nitrogen and oxygen atoms in total. The van der Waals surface area contributed by atoms with Crippen molar-refractivity contribution >= 4 is 48.0 Å². The van der Waals surface area contributed by atoms with Crippen LogP contribution in [-0.2, 0) is 11.3 Å². The van der Waals surface area contributed by atoms with Gasteiger partial charge in [-0.05, 0) is 49.7 Å². The summed E-state index contributed by atoms with van der Waals surface area (Å²) in [6.45, 7) is 5.34. The minimum atomic E-state index is -0.337. The maximum atomic E-state index is 13.3. The quantitative estimate of drug-likeness (QED) is 0.475. The third kappa shape index (κ3) is 6.11. The molecule has 198 valence electrons. The molecule has 37 heavy (non-hydrogen) atoms. The van der Waals surface area contributed by atoms with Gasteiger partial charge in [-0.3, -0.25) is 4.79 Å². The zero-order chi connectivity index (χ0) is 25.8. The lowest BCUT2D eigenvalue weighted by molar-refractivity contribution is 0.0412. The predicted octanol–water partition coefficient (Wildman–Crippen LogP) is 4.86. The van der Waals surface area contributed by atoms with Crippen molar-refractivity contribution < 1.29 is 24.2 Å². The Morgan fingerprint density at radius 3 is 2.62 bits per heavy atom. The highest BCUT2D eigenvalue weighted by atomic mass is 35.5. The van der Waals surface area contributed by atoms with Gasteiger partial charge in [0.1, 0.15) is 5.75 Å². The van der Waals surface area contributed by atoms with E-state index in [0.717, 1.165) is 17.4 Å². The number of pyridine rings is 1. The molecule has 0 radical (unpaired) electrons. The molecule has 1 N–H and O–H groups in total. The number of carbonyl (C=O) groups is 2. The predicted molar refractivity (Wildman–Crippen MR) is 149 cm³/mol. The molecule has 3 aromatic rings. The molecule has 1 fully saturated rings. The number of hydrogen-bond donors (Lipinski definition) is 1. The summed E-state index contributed by atoms with van der Waals surface area (Å²) in [5.41, 5.74) is 3.15. The van der Waals surface area contributed by atoms with E-state index in [4.69, 9.17) is 26.1 Å². The summed E-state index contributed by atoms with van der Waals surface area (Å²) in [7, 11) is 1.55. The van der Waals surface area contributed by atoms with Crippen LogP contribution < -0.4 is 4.74 Å². The highest BCUT2D eigenvalue weighted by molar-refractivity contribution is 7.59. The van der Waals surface area contributed by atoms with Gasteiger partial charge in [-0.15, -0.1) is 0 Å². The third-order valence-corrected chi connectivity index (χ3v) is 6.64. The van der Waals surface area contributed by atoms with Gasteiger partial charge in [0.2, 0.25) is 0 Å². The first kappa shape index (κ1) is 28.6. The van der Waals surface area contributed by atoms with E-state index in [1.54, 1.807) is 47.2 Å². The number of aliphatic hydroxyl groups is 1. The van der Waals surface area contributed by atoms with Crippen molar-refractivity contribution in [2.75, 3.05) is 33.4 Å². The number of benzene rings is 2. The normalized spacial score (nSPS) is 15.3. The number of nitrogens with zero attached hydrogens (tertiary/aromatic N) is 3. The van der Waals surface area contributed by atoms with Crippen molar-refractivity contribution in [2.45, 2.75) is 32.9 Å². The van der Waals surface area contributed by atoms with Crippen LogP contribution >= 0.6 is 25.1 Å². The molecule has 1 aliphatic heterocycles. The summed E-state index contributed by atoms with van der Waals surface area (Å²) < 4.78 is 10.5. The van der Waals surface area contributed by atoms with Crippen LogP contribution in [0.3, 0.4) is 0 Å². The molecule has 2 aromatic carbocycles. The monoisotopic (exact) mass is 545 g/mol. The Balaban J connectivity index is 0.00000380. The number of carbonyl (C=O) groups excluding carboxylic acids is 2. The Bertz CT molecular complexity index is 1290. The van der Waals surface area contributed by atoms with Crippen molar-refractivity contribution in [3.05, 3.63) is 58.6 Å². The second kappa shape index (κ2) is 12.5. The van der Waals surface area contributed by atoms with Crippen LogP contribution in [0.25, 0.3) is 22.2 Å². The molecule has 0 aliphatic carbocycles. The third-order valence-electron chi connectivity index (χ3n) is 6.33. The Hall–Kier alpha value is -3.01. The smallest absolute Gasteiger partial charge is 0.410 e. The van der Waals surface area contributed by atoms with Gasteiger partial charge >= 0.3 is 6.09 Å². The van der Waals surface area contributed by atoms with E-state index in [9.17, 15) is 14.7 Å². The van der Waals surface area contributed by atoms with Crippen LogP contribution in [0.5, 0.6) is 5.75 Å². The minimum Gasteiger partial charge on any atom is -0.496 e. The van der Waals surface area contributed by atoms with Crippen LogP contribution in [0.2, 0.25) is 5.02 Å². The first-order valence-corrected chi connectivity index (χ1v) is 12.3. The van der Waals surface area contributed by atoms with Crippen LogP contribution in [0, 0.1) is 0 Å². The Morgan fingerprint density at radius 1 is 1.16 bits per heavy atom. The number of fused-ring (bicyclic) bond motifs is 1. The lowest BCUT2D eigenvalue weighted by atomic mass is 10.0. The van der Waals surface area contributed by atoms with Crippen LogP contribution in [0.4, 0.5) is 4.79 Å². The van der Waals surface area contributed by atoms with Crippen molar-refractivity contribution in [1.82, 2.24) is 14.8 Å². The summed E-state index contributed by atoms with van der Waals surface area (Å²) in [4.78, 5) is 33.8. The van der Waals surface area contributed by atoms with E-state index in [0.29, 0.717) is 59.4 Å². The summed E-state index contributed by atoms with van der Waals surface area (Å²) in [6, 6.07) is 12.4. The Labute approximate surface area is 228 Å². The molecule has 0 unspecified atom stereocenters. The molecule has 0 bridgehead atoms. The lowest BCUT2D eigenvalue weighted by Gasteiger charge is -2.39. The van der Waals surface area contributed by atoms with E-state index in [2.05, 4.69) is 0 Å². The van der Waals surface area contributed by atoms with E-state index in [-0.39, 0.29) is 38.1 Å². The van der Waals surface area contributed by atoms with Gasteiger partial charge in [-0.2, -0.15) is 13.5 Å². The molecule has 0 saturated carbocycles. The zero-order valence-electron chi connectivity index (χ0n) is 21.2. The van der Waals surface area contributed by atoms with Crippen molar-refractivity contribution in [2.24, 2.45) is 0 Å². The number of aromatic nitrogens is 1. The van der Waals surface area contributed by atoms with Crippen molar-refractivity contribution in [1.29, 1.82) is 0 Å². The Kier molecular flexibility index (Phi) is 9.64. The average molecular weight is 546 g/mol. The fraction of sp³-hybridized carbons (Fsp3) is 0.370. The minimum absolute atomic E-state index is 0. The van der Waals surface area contributed by atoms with Crippen LogP contribution in [0.15, 0.2) is 42.5 Å². The molecular formula is C27H32ClN3O5S. The van der Waals surface area contributed by atoms with E-state index in [1.807, 2.05) is 26.0 Å². The van der Waals surface area contributed by atoms with Gasteiger partial charge in [0, 0.05) is 47.8 Å². The number of rotatable bonds is 6. The molecule has 10 heteroatoms. The number of aliphatic hydroxyl groups excluding tert-OH is 1. The summed E-state index contributed by atoms with van der Waals surface area (Å²) in [5.74, 6) is 0.467. The molecule has 1 aromatic heterocycles. The number of ether oxygens (including phenoxy) is 2. The maximum absolute atomic E-state index is 13.3. The summed E-state index contributed by atoms with van der Waals surface area (Å²) >= 11 is 6.57. The molecule has 1 saturated heterocycles. The van der Waals surface area contributed by atoms with E-state index < -0.39 is 0 Å². The largest absolute Gasteiger partial charge is 0.496 e. The lowest BCUT2D eigenvalue weighted by Crippen LogP contribution is -2.55. The number of hydrogen-bond acceptors (Lipinski definition) is 6. The standard InChI is InChI=1S/C27H30ClN3O5.H2S/c1-4-11-36-27(34)31-10-9-30(15-17(31)2)26(33)19-5-7-21-22(28)14-23(29-24(21)13-19)18-6-8-25(35-3)20(12-18)16-32;/h5-8,12-14,17,32H,4,9-11,15-16H2,1-3H3;1H2/t17-;/m0./s1. The Morgan fingerprint density at radius 2 is 1.95 bits per heavy atom. The molecule has 0 spiro atoms. The SMILES string of the molecule is CCCOC(=O)N1CCN(C(=O)c2ccc3c(Cl)cc(-c4ccc(OC)c(CO)c4)nc3c2)C[C@@H]1C.S. The van der Waals surface area contributed by atoms with Gasteiger partial charge in [-0.1, -0.05) is 24.6 Å². The summed E-state index contributed by atoms with van der Waals surface area (Å²) in [5, 5.41) is 10.9. The number of piperazine rings is 1. The highest BCUT2D eigenvalue weighted by Gasteiger charge is 2.31. The van der Waals surface area contributed by atoms with Gasteiger partial charge < -0.3 is 24.4 Å². The molecular weight excluding hydrogens is 514 g/mol. The first-order valence-electron chi connectivity index (χ1n) is 12.0. The average Bonchev–Trinajstić information content (AvgIpc) is 2.90. The zero-order valence-corrected chi connectivity index (χ0v) is 22.9. The summed E-state index contributed by atoms with van der Waals surface area (Å²) in [6.07, 6.45) is 0.429. The first-order chi connectivity index (χ1) is 17.4. The number of halogens is 1.